The lowest BCUT2D eigenvalue weighted by molar-refractivity contribution is 0.220. The van der Waals surface area contributed by atoms with Gasteiger partial charge < -0.3 is 5.11 Å². The first-order valence-corrected chi connectivity index (χ1v) is 6.06. The average Bonchev–Trinajstić information content (AvgIpc) is 2.47. The van der Waals surface area contributed by atoms with Crippen LogP contribution in [-0.4, -0.2) is 20.3 Å². The molecule has 1 unspecified atom stereocenters. The molecule has 2 aromatic heterocycles. The fraction of sp³-hybridized carbons (Fsp3) is 0.133. The van der Waals surface area contributed by atoms with Crippen LogP contribution >= 0.6 is 0 Å². The second-order valence-corrected chi connectivity index (χ2v) is 4.48. The highest BCUT2D eigenvalue weighted by molar-refractivity contribution is 5.79. The van der Waals surface area contributed by atoms with Crippen LogP contribution in [0.4, 0.5) is 0 Å². The Bertz CT molecular complexity index is 713. The van der Waals surface area contributed by atoms with E-state index < -0.39 is 6.10 Å². The summed E-state index contributed by atoms with van der Waals surface area (Å²) >= 11 is 0. The molecule has 0 aliphatic carbocycles. The van der Waals surface area contributed by atoms with Gasteiger partial charge in [-0.1, -0.05) is 12.1 Å². The molecule has 1 aromatic carbocycles. The Hall–Kier alpha value is -2.33. The predicted octanol–water partition coefficient (Wildman–Crippen LogP) is 2.41. The molecular weight excluding hydrogens is 238 g/mol. The second kappa shape index (κ2) is 4.74. The van der Waals surface area contributed by atoms with Crippen molar-refractivity contribution >= 4 is 10.9 Å². The standard InChI is InChI=1S/C15H13N3O/c1-10-2-3-11-8-12(4-5-14(11)18-10)15(19)13-6-7-16-17-9-13/h2-9,15,19H,1H3. The van der Waals surface area contributed by atoms with E-state index in [1.807, 2.05) is 37.3 Å². The molecule has 4 heteroatoms. The molecule has 0 aliphatic rings. The van der Waals surface area contributed by atoms with Crippen LogP contribution in [0.1, 0.15) is 22.9 Å². The van der Waals surface area contributed by atoms with Gasteiger partial charge in [0.2, 0.25) is 0 Å². The van der Waals surface area contributed by atoms with Crippen molar-refractivity contribution in [2.24, 2.45) is 0 Å². The molecule has 0 fully saturated rings. The summed E-state index contributed by atoms with van der Waals surface area (Å²) in [5.41, 5.74) is 3.48. The number of hydrogen-bond acceptors (Lipinski definition) is 4. The lowest BCUT2D eigenvalue weighted by atomic mass is 10.0. The van der Waals surface area contributed by atoms with Gasteiger partial charge >= 0.3 is 0 Å². The monoisotopic (exact) mass is 251 g/mol. The number of aliphatic hydroxyl groups excluding tert-OH is 1. The molecule has 1 N–H and O–H groups in total. The van der Waals surface area contributed by atoms with Gasteiger partial charge in [-0.3, -0.25) is 4.98 Å². The topological polar surface area (TPSA) is 58.9 Å². The molecule has 0 spiro atoms. The number of benzene rings is 1. The Kier molecular flexibility index (Phi) is 2.93. The molecule has 0 saturated heterocycles. The third-order valence-electron chi connectivity index (χ3n) is 3.09. The fourth-order valence-electron chi connectivity index (χ4n) is 2.07. The summed E-state index contributed by atoms with van der Waals surface area (Å²) in [5.74, 6) is 0. The van der Waals surface area contributed by atoms with Crippen molar-refractivity contribution in [3.63, 3.8) is 0 Å². The van der Waals surface area contributed by atoms with E-state index in [0.717, 1.165) is 27.7 Å². The number of nitrogens with zero attached hydrogens (tertiary/aromatic N) is 3. The molecule has 3 rings (SSSR count). The Balaban J connectivity index is 2.04. The number of pyridine rings is 1. The minimum Gasteiger partial charge on any atom is -0.384 e. The summed E-state index contributed by atoms with van der Waals surface area (Å²) in [4.78, 5) is 4.44. The third kappa shape index (κ3) is 2.30. The number of aromatic nitrogens is 3. The van der Waals surface area contributed by atoms with Crippen LogP contribution in [0.25, 0.3) is 10.9 Å². The second-order valence-electron chi connectivity index (χ2n) is 4.48. The minimum atomic E-state index is -0.693. The lowest BCUT2D eigenvalue weighted by Gasteiger charge is -2.11. The summed E-state index contributed by atoms with van der Waals surface area (Å²) in [7, 11) is 0. The van der Waals surface area contributed by atoms with Crippen molar-refractivity contribution in [1.82, 2.24) is 15.2 Å². The van der Waals surface area contributed by atoms with E-state index in [1.54, 1.807) is 18.5 Å². The highest BCUT2D eigenvalue weighted by Crippen LogP contribution is 2.24. The Labute approximate surface area is 110 Å². The van der Waals surface area contributed by atoms with Crippen molar-refractivity contribution in [3.8, 4) is 0 Å². The van der Waals surface area contributed by atoms with Crippen LogP contribution in [-0.2, 0) is 0 Å². The van der Waals surface area contributed by atoms with E-state index in [9.17, 15) is 5.11 Å². The molecule has 4 nitrogen and oxygen atoms in total. The van der Waals surface area contributed by atoms with Crippen molar-refractivity contribution in [2.45, 2.75) is 13.0 Å². The first kappa shape index (κ1) is 11.7. The van der Waals surface area contributed by atoms with Gasteiger partial charge in [0.25, 0.3) is 0 Å². The van der Waals surface area contributed by atoms with Crippen molar-refractivity contribution < 1.29 is 5.11 Å². The molecule has 94 valence electrons. The van der Waals surface area contributed by atoms with E-state index in [1.165, 1.54) is 0 Å². The van der Waals surface area contributed by atoms with Crippen molar-refractivity contribution in [3.05, 3.63) is 65.6 Å². The van der Waals surface area contributed by atoms with Crippen LogP contribution in [0.2, 0.25) is 0 Å². The molecule has 1 atom stereocenters. The maximum atomic E-state index is 10.3. The highest BCUT2D eigenvalue weighted by atomic mass is 16.3. The normalized spacial score (nSPS) is 12.5. The molecule has 0 radical (unpaired) electrons. The number of hydrogen-bond donors (Lipinski definition) is 1. The summed E-state index contributed by atoms with van der Waals surface area (Å²) < 4.78 is 0. The summed E-state index contributed by atoms with van der Waals surface area (Å²) in [6, 6.07) is 11.5. The summed E-state index contributed by atoms with van der Waals surface area (Å²) in [6.45, 7) is 1.96. The summed E-state index contributed by atoms with van der Waals surface area (Å²) in [5, 5.41) is 18.8. The molecule has 2 heterocycles. The minimum absolute atomic E-state index is 0.693. The number of aryl methyl sites for hydroxylation is 1. The van der Waals surface area contributed by atoms with Gasteiger partial charge in [-0.2, -0.15) is 10.2 Å². The van der Waals surface area contributed by atoms with Gasteiger partial charge in [0, 0.05) is 22.8 Å². The van der Waals surface area contributed by atoms with Gasteiger partial charge in [0.05, 0.1) is 11.7 Å². The van der Waals surface area contributed by atoms with Crippen molar-refractivity contribution in [1.29, 1.82) is 0 Å². The smallest absolute Gasteiger partial charge is 0.106 e. The first-order chi connectivity index (χ1) is 9.24. The largest absolute Gasteiger partial charge is 0.384 e. The van der Waals surface area contributed by atoms with E-state index in [0.29, 0.717) is 0 Å². The van der Waals surface area contributed by atoms with Crippen LogP contribution in [0.3, 0.4) is 0 Å². The fourth-order valence-corrected chi connectivity index (χ4v) is 2.07. The van der Waals surface area contributed by atoms with E-state index in [4.69, 9.17) is 0 Å². The zero-order valence-electron chi connectivity index (χ0n) is 10.5. The Morgan fingerprint density at radius 3 is 2.68 bits per heavy atom. The maximum absolute atomic E-state index is 10.3. The van der Waals surface area contributed by atoms with Crippen LogP contribution in [0, 0.1) is 6.92 Å². The Morgan fingerprint density at radius 1 is 1.00 bits per heavy atom. The number of fused-ring (bicyclic) bond motifs is 1. The van der Waals surface area contributed by atoms with Gasteiger partial charge in [-0.15, -0.1) is 0 Å². The van der Waals surface area contributed by atoms with E-state index in [2.05, 4.69) is 15.2 Å². The SMILES string of the molecule is Cc1ccc2cc(C(O)c3ccnnc3)ccc2n1. The van der Waals surface area contributed by atoms with E-state index in [-0.39, 0.29) is 0 Å². The first-order valence-electron chi connectivity index (χ1n) is 6.06. The summed E-state index contributed by atoms with van der Waals surface area (Å²) in [6.07, 6.45) is 2.45. The van der Waals surface area contributed by atoms with Gasteiger partial charge in [0.15, 0.2) is 0 Å². The quantitative estimate of drug-likeness (QED) is 0.760. The molecule has 0 aliphatic heterocycles. The molecule has 19 heavy (non-hydrogen) atoms. The zero-order chi connectivity index (χ0) is 13.2. The average molecular weight is 251 g/mol. The lowest BCUT2D eigenvalue weighted by Crippen LogP contribution is -2.00. The van der Waals surface area contributed by atoms with Crippen molar-refractivity contribution in [2.75, 3.05) is 0 Å². The molecule has 3 aromatic rings. The zero-order valence-corrected chi connectivity index (χ0v) is 10.5. The van der Waals surface area contributed by atoms with Gasteiger partial charge in [-0.05, 0) is 36.8 Å². The highest BCUT2D eigenvalue weighted by Gasteiger charge is 2.11. The van der Waals surface area contributed by atoms with Crippen LogP contribution in [0.15, 0.2) is 48.8 Å². The maximum Gasteiger partial charge on any atom is 0.106 e. The van der Waals surface area contributed by atoms with Crippen LogP contribution in [0.5, 0.6) is 0 Å². The Morgan fingerprint density at radius 2 is 1.89 bits per heavy atom. The molecule has 0 bridgehead atoms. The molecular formula is C15H13N3O. The van der Waals surface area contributed by atoms with Gasteiger partial charge in [-0.25, -0.2) is 0 Å². The predicted molar refractivity (Wildman–Crippen MR) is 72.6 cm³/mol. The number of rotatable bonds is 2. The van der Waals surface area contributed by atoms with E-state index >= 15 is 0 Å². The molecule has 0 amide bonds. The third-order valence-corrected chi connectivity index (χ3v) is 3.09. The molecule has 0 saturated carbocycles. The van der Waals surface area contributed by atoms with Gasteiger partial charge in [0.1, 0.15) is 6.10 Å². The number of aliphatic hydroxyl groups is 1. The van der Waals surface area contributed by atoms with Crippen LogP contribution < -0.4 is 0 Å².